The Labute approximate surface area is 145 Å². The van der Waals surface area contributed by atoms with E-state index >= 15 is 0 Å². The van der Waals surface area contributed by atoms with Gasteiger partial charge in [-0.2, -0.15) is 10.1 Å². The highest BCUT2D eigenvalue weighted by Crippen LogP contribution is 2.30. The van der Waals surface area contributed by atoms with Crippen molar-refractivity contribution in [2.45, 2.75) is 33.2 Å². The zero-order valence-electron chi connectivity index (χ0n) is 14.6. The molecule has 0 aliphatic carbocycles. The summed E-state index contributed by atoms with van der Waals surface area (Å²) < 4.78 is 7.16. The number of aromatic nitrogens is 5. The van der Waals surface area contributed by atoms with Crippen LogP contribution in [0.15, 0.2) is 41.3 Å². The number of hydrogen-bond donors (Lipinski definition) is 1. The molecule has 25 heavy (non-hydrogen) atoms. The second-order valence-electron chi connectivity index (χ2n) is 6.28. The minimum Gasteiger partial charge on any atom is -0.342 e. The van der Waals surface area contributed by atoms with Crippen LogP contribution in [0.2, 0.25) is 0 Å². The topological polar surface area (TPSA) is 98.7 Å². The number of nitrogens with one attached hydrogen (secondary N) is 1. The molecule has 0 aliphatic heterocycles. The fourth-order valence-electron chi connectivity index (χ4n) is 2.51. The van der Waals surface area contributed by atoms with Crippen LogP contribution in [0.4, 0.5) is 0 Å². The molecule has 1 N–H and O–H groups in total. The number of nitrogens with zero attached hydrogens (tertiary/aromatic N) is 5. The lowest BCUT2D eigenvalue weighted by atomic mass is 9.88. The van der Waals surface area contributed by atoms with E-state index in [1.807, 2.05) is 45.2 Å². The van der Waals surface area contributed by atoms with Gasteiger partial charge in [-0.05, 0) is 31.0 Å². The monoisotopic (exact) mass is 340 g/mol. The summed E-state index contributed by atoms with van der Waals surface area (Å²) in [7, 11) is 0. The maximum absolute atomic E-state index is 11.6. The maximum atomic E-state index is 11.6. The van der Waals surface area contributed by atoms with Crippen molar-refractivity contribution in [1.82, 2.24) is 30.2 Å². The summed E-state index contributed by atoms with van der Waals surface area (Å²) in [6.07, 6.45) is 5.16. The van der Waals surface area contributed by atoms with Crippen LogP contribution in [-0.2, 0) is 10.3 Å². The molecule has 0 aliphatic rings. The second-order valence-corrected chi connectivity index (χ2v) is 6.28. The fraction of sp³-hybridized carbons (Fsp3) is 0.353. The van der Waals surface area contributed by atoms with Crippen molar-refractivity contribution in [3.05, 3.63) is 42.7 Å². The molecule has 8 nitrogen and oxygen atoms in total. The average Bonchev–Trinajstić information content (AvgIpc) is 3.26. The van der Waals surface area contributed by atoms with Crippen molar-refractivity contribution in [1.29, 1.82) is 0 Å². The first kappa shape index (κ1) is 16.8. The molecule has 0 spiro atoms. The van der Waals surface area contributed by atoms with Crippen molar-refractivity contribution in [3.63, 3.8) is 0 Å². The average molecular weight is 340 g/mol. The Kier molecular flexibility index (Phi) is 4.35. The van der Waals surface area contributed by atoms with Gasteiger partial charge in [0, 0.05) is 25.5 Å². The van der Waals surface area contributed by atoms with Crippen LogP contribution >= 0.6 is 0 Å². The van der Waals surface area contributed by atoms with Crippen molar-refractivity contribution in [3.8, 4) is 17.2 Å². The number of rotatable bonds is 5. The first-order chi connectivity index (χ1) is 11.9. The number of carbonyl (C=O) groups excluding carboxylic acids is 1. The van der Waals surface area contributed by atoms with Gasteiger partial charge >= 0.3 is 0 Å². The molecule has 1 atom stereocenters. The summed E-state index contributed by atoms with van der Waals surface area (Å²) >= 11 is 0. The lowest BCUT2D eigenvalue weighted by molar-refractivity contribution is -0.121. The first-order valence-electron chi connectivity index (χ1n) is 8.00. The highest BCUT2D eigenvalue weighted by atomic mass is 16.5. The first-order valence-corrected chi connectivity index (χ1v) is 8.00. The Morgan fingerprint density at radius 2 is 2.12 bits per heavy atom. The standard InChI is InChI=1S/C17H20N6O2/c1-11(2)17(4,21-12(3)24)16-20-15(22-25-16)14-13(7-5-8-18-14)23-10-6-9-19-23/h5-11H,1-4H3,(H,21,24). The Bertz CT molecular complexity index is 871. The van der Waals surface area contributed by atoms with Crippen LogP contribution < -0.4 is 5.32 Å². The zero-order chi connectivity index (χ0) is 18.0. The van der Waals surface area contributed by atoms with Crippen LogP contribution in [0.25, 0.3) is 17.2 Å². The zero-order valence-corrected chi connectivity index (χ0v) is 14.6. The third-order valence-corrected chi connectivity index (χ3v) is 4.21. The van der Waals surface area contributed by atoms with Gasteiger partial charge < -0.3 is 9.84 Å². The Balaban J connectivity index is 2.04. The summed E-state index contributed by atoms with van der Waals surface area (Å²) in [6, 6.07) is 5.52. The predicted octanol–water partition coefficient (Wildman–Crippen LogP) is 2.32. The minimum absolute atomic E-state index is 0.0546. The summed E-state index contributed by atoms with van der Waals surface area (Å²) in [5.74, 6) is 0.577. The molecule has 0 aromatic carbocycles. The molecular weight excluding hydrogens is 320 g/mol. The lowest BCUT2D eigenvalue weighted by Crippen LogP contribution is -2.46. The maximum Gasteiger partial charge on any atom is 0.252 e. The predicted molar refractivity (Wildman–Crippen MR) is 90.7 cm³/mol. The van der Waals surface area contributed by atoms with Crippen molar-refractivity contribution < 1.29 is 9.32 Å². The molecule has 3 aromatic heterocycles. The Morgan fingerprint density at radius 1 is 1.32 bits per heavy atom. The number of pyridine rings is 1. The smallest absolute Gasteiger partial charge is 0.252 e. The van der Waals surface area contributed by atoms with Crippen molar-refractivity contribution in [2.75, 3.05) is 0 Å². The third-order valence-electron chi connectivity index (χ3n) is 4.21. The summed E-state index contributed by atoms with van der Waals surface area (Å²) in [4.78, 5) is 20.5. The van der Waals surface area contributed by atoms with Gasteiger partial charge in [0.2, 0.25) is 11.7 Å². The van der Waals surface area contributed by atoms with E-state index in [4.69, 9.17) is 4.52 Å². The largest absolute Gasteiger partial charge is 0.342 e. The SMILES string of the molecule is CC(=O)NC(C)(c1nc(-c2ncccc2-n2cccn2)no1)C(C)C. The van der Waals surface area contributed by atoms with Gasteiger partial charge in [0.15, 0.2) is 0 Å². The van der Waals surface area contributed by atoms with E-state index in [1.54, 1.807) is 17.1 Å². The molecule has 0 saturated carbocycles. The van der Waals surface area contributed by atoms with Crippen molar-refractivity contribution in [2.24, 2.45) is 5.92 Å². The Hall–Kier alpha value is -3.03. The highest BCUT2D eigenvalue weighted by molar-refractivity contribution is 5.74. The minimum atomic E-state index is -0.766. The summed E-state index contributed by atoms with van der Waals surface area (Å²) in [6.45, 7) is 7.29. The number of carbonyl (C=O) groups is 1. The van der Waals surface area contributed by atoms with Crippen LogP contribution in [0, 0.1) is 5.92 Å². The molecule has 3 aromatic rings. The normalized spacial score (nSPS) is 13.6. The molecule has 3 rings (SSSR count). The molecule has 0 bridgehead atoms. The third kappa shape index (κ3) is 3.15. The second kappa shape index (κ2) is 6.46. The molecule has 3 heterocycles. The van der Waals surface area contributed by atoms with E-state index in [1.165, 1.54) is 6.92 Å². The van der Waals surface area contributed by atoms with E-state index in [2.05, 4.69) is 25.5 Å². The van der Waals surface area contributed by atoms with Crippen LogP contribution in [0.3, 0.4) is 0 Å². The van der Waals surface area contributed by atoms with Gasteiger partial charge in [0.25, 0.3) is 5.89 Å². The van der Waals surface area contributed by atoms with Gasteiger partial charge in [-0.15, -0.1) is 0 Å². The molecule has 1 amide bonds. The van der Waals surface area contributed by atoms with Gasteiger partial charge in [0.1, 0.15) is 11.2 Å². The highest BCUT2D eigenvalue weighted by Gasteiger charge is 2.37. The molecular formula is C17H20N6O2. The van der Waals surface area contributed by atoms with Gasteiger partial charge in [-0.1, -0.05) is 19.0 Å². The lowest BCUT2D eigenvalue weighted by Gasteiger charge is -2.30. The van der Waals surface area contributed by atoms with E-state index < -0.39 is 5.54 Å². The number of amides is 1. The Morgan fingerprint density at radius 3 is 2.76 bits per heavy atom. The van der Waals surface area contributed by atoms with E-state index in [9.17, 15) is 4.79 Å². The fourth-order valence-corrected chi connectivity index (χ4v) is 2.51. The molecule has 8 heteroatoms. The summed E-state index contributed by atoms with van der Waals surface area (Å²) in [5.41, 5.74) is 0.526. The van der Waals surface area contributed by atoms with Gasteiger partial charge in [-0.3, -0.25) is 9.78 Å². The van der Waals surface area contributed by atoms with E-state index in [0.717, 1.165) is 5.69 Å². The number of hydrogen-bond acceptors (Lipinski definition) is 6. The van der Waals surface area contributed by atoms with Gasteiger partial charge in [0.05, 0.1) is 5.69 Å². The molecule has 1 unspecified atom stereocenters. The van der Waals surface area contributed by atoms with Crippen LogP contribution in [-0.4, -0.2) is 30.8 Å². The summed E-state index contributed by atoms with van der Waals surface area (Å²) in [5, 5.41) is 11.2. The molecule has 0 saturated heterocycles. The molecule has 0 fully saturated rings. The van der Waals surface area contributed by atoms with E-state index in [0.29, 0.717) is 17.4 Å². The van der Waals surface area contributed by atoms with Crippen molar-refractivity contribution >= 4 is 5.91 Å². The molecule has 130 valence electrons. The molecule has 0 radical (unpaired) electrons. The van der Waals surface area contributed by atoms with Crippen LogP contribution in [0.5, 0.6) is 0 Å². The quantitative estimate of drug-likeness (QED) is 0.765. The van der Waals surface area contributed by atoms with E-state index in [-0.39, 0.29) is 11.8 Å². The van der Waals surface area contributed by atoms with Crippen LogP contribution in [0.1, 0.15) is 33.6 Å². The van der Waals surface area contributed by atoms with Gasteiger partial charge in [-0.25, -0.2) is 4.68 Å².